The van der Waals surface area contributed by atoms with E-state index in [-0.39, 0.29) is 0 Å². The molecule has 0 fully saturated rings. The second-order valence-electron chi connectivity index (χ2n) is 3.92. The first-order valence-corrected chi connectivity index (χ1v) is 5.40. The van der Waals surface area contributed by atoms with E-state index in [2.05, 4.69) is 5.32 Å². The van der Waals surface area contributed by atoms with Crippen LogP contribution in [0.25, 0.3) is 0 Å². The smallest absolute Gasteiger partial charge is 0.371 e. The highest BCUT2D eigenvalue weighted by Crippen LogP contribution is 2.26. The lowest BCUT2D eigenvalue weighted by atomic mass is 10.2. The second-order valence-corrected chi connectivity index (χ2v) is 4.35. The van der Waals surface area contributed by atoms with Crippen molar-refractivity contribution in [2.24, 2.45) is 0 Å². The maximum Gasteiger partial charge on any atom is 0.412 e. The number of allylic oxidation sites excluding steroid dienone is 1. The molecule has 0 amide bonds. The Morgan fingerprint density at radius 1 is 1.35 bits per heavy atom. The van der Waals surface area contributed by atoms with Crippen LogP contribution in [0.4, 0.5) is 18.9 Å². The lowest BCUT2D eigenvalue weighted by molar-refractivity contribution is -0.132. The number of hydrogen-bond acceptors (Lipinski definition) is 1. The summed E-state index contributed by atoms with van der Waals surface area (Å²) in [6.07, 6.45) is -3.19. The second kappa shape index (κ2) is 5.45. The van der Waals surface area contributed by atoms with E-state index in [0.717, 1.165) is 6.08 Å². The molecule has 1 aromatic rings. The fraction of sp³-hybridized carbons (Fsp3) is 0.333. The number of alkyl halides is 3. The molecular formula is C12H13ClF3N. The zero-order chi connectivity index (χ0) is 13.1. The maximum atomic E-state index is 12.7. The molecule has 1 rings (SSSR count). The van der Waals surface area contributed by atoms with Gasteiger partial charge in [-0.15, -0.1) is 0 Å². The van der Waals surface area contributed by atoms with E-state index in [1.165, 1.54) is 6.07 Å². The van der Waals surface area contributed by atoms with Crippen molar-refractivity contribution in [1.82, 2.24) is 0 Å². The SMILES string of the molecule is CC(C)=CC(Nc1cccc(Cl)c1)C(F)(F)F. The molecule has 5 heteroatoms. The van der Waals surface area contributed by atoms with E-state index >= 15 is 0 Å². The van der Waals surface area contributed by atoms with Crippen molar-refractivity contribution in [3.8, 4) is 0 Å². The summed E-state index contributed by atoms with van der Waals surface area (Å²) in [4.78, 5) is 0. The molecule has 0 heterocycles. The van der Waals surface area contributed by atoms with Crippen LogP contribution >= 0.6 is 11.6 Å². The molecule has 1 N–H and O–H groups in total. The molecule has 0 saturated carbocycles. The van der Waals surface area contributed by atoms with Gasteiger partial charge in [-0.1, -0.05) is 29.3 Å². The molecule has 0 radical (unpaired) electrons. The zero-order valence-corrected chi connectivity index (χ0v) is 10.2. The van der Waals surface area contributed by atoms with E-state index in [1.54, 1.807) is 32.0 Å². The van der Waals surface area contributed by atoms with Crippen LogP contribution in [0.3, 0.4) is 0 Å². The van der Waals surface area contributed by atoms with Gasteiger partial charge in [0.1, 0.15) is 6.04 Å². The maximum absolute atomic E-state index is 12.7. The van der Waals surface area contributed by atoms with Crippen molar-refractivity contribution < 1.29 is 13.2 Å². The Hall–Kier alpha value is -1.16. The Balaban J connectivity index is 2.91. The monoisotopic (exact) mass is 263 g/mol. The molecule has 0 saturated heterocycles. The molecule has 0 aliphatic carbocycles. The summed E-state index contributed by atoms with van der Waals surface area (Å²) in [5, 5.41) is 2.80. The van der Waals surface area contributed by atoms with Crippen LogP contribution in [0.5, 0.6) is 0 Å². The van der Waals surface area contributed by atoms with Crippen molar-refractivity contribution in [3.63, 3.8) is 0 Å². The summed E-state index contributed by atoms with van der Waals surface area (Å²) in [5.74, 6) is 0. The minimum absolute atomic E-state index is 0.345. The van der Waals surface area contributed by atoms with Gasteiger partial charge < -0.3 is 5.32 Å². The highest BCUT2D eigenvalue weighted by Gasteiger charge is 2.38. The van der Waals surface area contributed by atoms with Crippen molar-refractivity contribution in [2.75, 3.05) is 5.32 Å². The molecule has 94 valence electrons. The molecule has 1 atom stereocenters. The fourth-order valence-corrected chi connectivity index (χ4v) is 1.50. The minimum atomic E-state index is -4.33. The van der Waals surface area contributed by atoms with Gasteiger partial charge in [-0.3, -0.25) is 0 Å². The van der Waals surface area contributed by atoms with E-state index in [1.807, 2.05) is 0 Å². The third kappa shape index (κ3) is 4.69. The largest absolute Gasteiger partial charge is 0.412 e. The average Bonchev–Trinajstić information content (AvgIpc) is 2.14. The van der Waals surface area contributed by atoms with Crippen molar-refractivity contribution in [1.29, 1.82) is 0 Å². The number of hydrogen-bond donors (Lipinski definition) is 1. The van der Waals surface area contributed by atoms with E-state index in [0.29, 0.717) is 16.3 Å². The van der Waals surface area contributed by atoms with Gasteiger partial charge in [0.25, 0.3) is 0 Å². The third-order valence-corrected chi connectivity index (χ3v) is 2.23. The molecule has 1 unspecified atom stereocenters. The van der Waals surface area contributed by atoms with Crippen molar-refractivity contribution >= 4 is 17.3 Å². The fourth-order valence-electron chi connectivity index (χ4n) is 1.31. The van der Waals surface area contributed by atoms with Gasteiger partial charge in [-0.25, -0.2) is 0 Å². The number of halogens is 4. The Bertz CT molecular complexity index is 408. The molecule has 0 aliphatic heterocycles. The summed E-state index contributed by atoms with van der Waals surface area (Å²) >= 11 is 5.71. The average molecular weight is 264 g/mol. The van der Waals surface area contributed by atoms with E-state index < -0.39 is 12.2 Å². The van der Waals surface area contributed by atoms with Crippen LogP contribution in [0.1, 0.15) is 13.8 Å². The first-order valence-electron chi connectivity index (χ1n) is 5.03. The van der Waals surface area contributed by atoms with Gasteiger partial charge in [-0.2, -0.15) is 13.2 Å². The normalized spacial score (nSPS) is 13.1. The Morgan fingerprint density at radius 3 is 2.47 bits per heavy atom. The quantitative estimate of drug-likeness (QED) is 0.783. The predicted octanol–water partition coefficient (Wildman–Crippen LogP) is 4.65. The summed E-state index contributed by atoms with van der Waals surface area (Å²) in [5.41, 5.74) is 0.944. The van der Waals surface area contributed by atoms with Crippen LogP contribution in [0.15, 0.2) is 35.9 Å². The van der Waals surface area contributed by atoms with Gasteiger partial charge in [0, 0.05) is 10.7 Å². The first-order chi connectivity index (χ1) is 7.79. The number of rotatable bonds is 3. The van der Waals surface area contributed by atoms with E-state index in [4.69, 9.17) is 11.6 Å². The lowest BCUT2D eigenvalue weighted by Gasteiger charge is -2.20. The topological polar surface area (TPSA) is 12.0 Å². The molecule has 1 aromatic carbocycles. The molecule has 17 heavy (non-hydrogen) atoms. The Morgan fingerprint density at radius 2 is 2.00 bits per heavy atom. The van der Waals surface area contributed by atoms with Crippen LogP contribution < -0.4 is 5.32 Å². The van der Waals surface area contributed by atoms with Crippen LogP contribution in [0, 0.1) is 0 Å². The summed E-state index contributed by atoms with van der Waals surface area (Å²) in [6.45, 7) is 3.25. The molecule has 0 spiro atoms. The summed E-state index contributed by atoms with van der Waals surface area (Å²) < 4.78 is 38.2. The van der Waals surface area contributed by atoms with Crippen LogP contribution in [-0.4, -0.2) is 12.2 Å². The van der Waals surface area contributed by atoms with Gasteiger partial charge >= 0.3 is 6.18 Å². The standard InChI is InChI=1S/C12H13ClF3N/c1-8(2)6-11(12(14,15)16)17-10-5-3-4-9(13)7-10/h3-7,11,17H,1-2H3. The molecule has 1 nitrogen and oxygen atoms in total. The van der Waals surface area contributed by atoms with Crippen molar-refractivity contribution in [2.45, 2.75) is 26.1 Å². The number of anilines is 1. The van der Waals surface area contributed by atoms with Gasteiger partial charge in [-0.05, 0) is 32.0 Å². The van der Waals surface area contributed by atoms with Crippen molar-refractivity contribution in [3.05, 3.63) is 40.9 Å². The Labute approximate surface area is 103 Å². The molecule has 0 aromatic heterocycles. The number of benzene rings is 1. The Kier molecular flexibility index (Phi) is 4.46. The summed E-state index contributed by atoms with van der Waals surface area (Å²) in [7, 11) is 0. The van der Waals surface area contributed by atoms with Gasteiger partial charge in [0.15, 0.2) is 0 Å². The third-order valence-electron chi connectivity index (χ3n) is 2.00. The van der Waals surface area contributed by atoms with Crippen LogP contribution in [0.2, 0.25) is 5.02 Å². The zero-order valence-electron chi connectivity index (χ0n) is 9.48. The molecule has 0 aliphatic rings. The minimum Gasteiger partial charge on any atom is -0.371 e. The highest BCUT2D eigenvalue weighted by atomic mass is 35.5. The predicted molar refractivity (Wildman–Crippen MR) is 64.3 cm³/mol. The summed E-state index contributed by atoms with van der Waals surface area (Å²) in [6, 6.07) is 4.50. The lowest BCUT2D eigenvalue weighted by Crippen LogP contribution is -2.34. The van der Waals surface area contributed by atoms with Gasteiger partial charge in [0.05, 0.1) is 0 Å². The van der Waals surface area contributed by atoms with E-state index in [9.17, 15) is 13.2 Å². The highest BCUT2D eigenvalue weighted by molar-refractivity contribution is 6.30. The first kappa shape index (κ1) is 13.9. The van der Waals surface area contributed by atoms with Gasteiger partial charge in [0.2, 0.25) is 0 Å². The number of nitrogens with one attached hydrogen (secondary N) is 1. The van der Waals surface area contributed by atoms with Crippen LogP contribution in [-0.2, 0) is 0 Å². The molecular weight excluding hydrogens is 251 g/mol. The molecule has 0 bridgehead atoms.